The molecule has 1 aliphatic heterocycles. The lowest BCUT2D eigenvalue weighted by atomic mass is 10.2. The zero-order valence-corrected chi connectivity index (χ0v) is 9.81. The van der Waals surface area contributed by atoms with Crippen LogP contribution in [-0.2, 0) is 11.3 Å². The largest absolute Gasteiger partial charge is 0.454 e. The molecule has 1 aromatic rings. The summed E-state index contributed by atoms with van der Waals surface area (Å²) in [6, 6.07) is 7.88. The fourth-order valence-corrected chi connectivity index (χ4v) is 1.67. The number of nitriles is 1. The molecule has 0 saturated heterocycles. The highest BCUT2D eigenvalue weighted by Crippen LogP contribution is 2.32. The second-order valence-corrected chi connectivity index (χ2v) is 3.89. The highest BCUT2D eigenvalue weighted by molar-refractivity contribution is 5.44. The van der Waals surface area contributed by atoms with Crippen LogP contribution in [0.4, 0.5) is 0 Å². The van der Waals surface area contributed by atoms with E-state index in [4.69, 9.17) is 19.5 Å². The summed E-state index contributed by atoms with van der Waals surface area (Å²) in [4.78, 5) is 0. The van der Waals surface area contributed by atoms with Crippen LogP contribution in [0.15, 0.2) is 18.2 Å². The van der Waals surface area contributed by atoms with Crippen molar-refractivity contribution >= 4 is 0 Å². The smallest absolute Gasteiger partial charge is 0.231 e. The van der Waals surface area contributed by atoms with Crippen LogP contribution in [0, 0.1) is 11.3 Å². The minimum Gasteiger partial charge on any atom is -0.454 e. The van der Waals surface area contributed by atoms with Gasteiger partial charge in [0.25, 0.3) is 0 Å². The van der Waals surface area contributed by atoms with Crippen molar-refractivity contribution in [3.05, 3.63) is 23.8 Å². The van der Waals surface area contributed by atoms with Crippen molar-refractivity contribution in [1.82, 2.24) is 0 Å². The van der Waals surface area contributed by atoms with Gasteiger partial charge in [0, 0.05) is 0 Å². The number of hydrogen-bond donors (Lipinski definition) is 0. The molecule has 1 atom stereocenters. The molecule has 0 saturated carbocycles. The van der Waals surface area contributed by atoms with Gasteiger partial charge in [-0.1, -0.05) is 13.0 Å². The van der Waals surface area contributed by atoms with E-state index in [1.807, 2.05) is 25.1 Å². The summed E-state index contributed by atoms with van der Waals surface area (Å²) in [7, 11) is 0. The van der Waals surface area contributed by atoms with Gasteiger partial charge in [-0.2, -0.15) is 5.26 Å². The molecule has 90 valence electrons. The van der Waals surface area contributed by atoms with Crippen molar-refractivity contribution < 1.29 is 14.2 Å². The molecule has 4 nitrogen and oxygen atoms in total. The van der Waals surface area contributed by atoms with E-state index >= 15 is 0 Å². The van der Waals surface area contributed by atoms with Gasteiger partial charge in [0.2, 0.25) is 6.79 Å². The molecule has 0 bridgehead atoms. The maximum atomic E-state index is 8.63. The molecule has 0 N–H and O–H groups in total. The molecule has 17 heavy (non-hydrogen) atoms. The number of rotatable bonds is 5. The van der Waals surface area contributed by atoms with Gasteiger partial charge in [-0.3, -0.25) is 0 Å². The molecule has 0 aromatic heterocycles. The van der Waals surface area contributed by atoms with Gasteiger partial charge in [0.05, 0.1) is 25.2 Å². The van der Waals surface area contributed by atoms with Gasteiger partial charge < -0.3 is 14.2 Å². The van der Waals surface area contributed by atoms with E-state index in [2.05, 4.69) is 6.07 Å². The van der Waals surface area contributed by atoms with Gasteiger partial charge in [-0.05, 0) is 24.1 Å². The van der Waals surface area contributed by atoms with Crippen LogP contribution >= 0.6 is 0 Å². The first-order valence-corrected chi connectivity index (χ1v) is 5.70. The Kier molecular flexibility index (Phi) is 3.84. The quantitative estimate of drug-likeness (QED) is 0.784. The fraction of sp³-hybridized carbons (Fsp3) is 0.462. The second kappa shape index (κ2) is 5.55. The van der Waals surface area contributed by atoms with E-state index in [0.717, 1.165) is 23.5 Å². The van der Waals surface area contributed by atoms with Crippen molar-refractivity contribution in [2.75, 3.05) is 6.79 Å². The highest BCUT2D eigenvalue weighted by atomic mass is 16.7. The molecule has 0 aliphatic carbocycles. The Labute approximate surface area is 101 Å². The van der Waals surface area contributed by atoms with Crippen molar-refractivity contribution in [1.29, 1.82) is 5.26 Å². The summed E-state index contributed by atoms with van der Waals surface area (Å²) in [6.07, 6.45) is 1.28. The minimum absolute atomic E-state index is 0.00502. The molecular formula is C13H15NO3. The zero-order chi connectivity index (χ0) is 12.1. The van der Waals surface area contributed by atoms with Gasteiger partial charge in [-0.15, -0.1) is 0 Å². The summed E-state index contributed by atoms with van der Waals surface area (Å²) in [5.41, 5.74) is 1.03. The normalized spacial score (nSPS) is 14.4. The van der Waals surface area contributed by atoms with Gasteiger partial charge in [-0.25, -0.2) is 0 Å². The molecule has 2 rings (SSSR count). The third-order valence-electron chi connectivity index (χ3n) is 2.70. The Morgan fingerprint density at radius 2 is 2.24 bits per heavy atom. The minimum atomic E-state index is 0.00502. The lowest BCUT2D eigenvalue weighted by Gasteiger charge is -2.12. The molecule has 0 radical (unpaired) electrons. The van der Waals surface area contributed by atoms with E-state index in [1.54, 1.807) is 0 Å². The number of nitrogens with zero attached hydrogens (tertiary/aromatic N) is 1. The summed E-state index contributed by atoms with van der Waals surface area (Å²) >= 11 is 0. The van der Waals surface area contributed by atoms with Crippen molar-refractivity contribution in [2.24, 2.45) is 0 Å². The second-order valence-electron chi connectivity index (χ2n) is 3.89. The predicted molar refractivity (Wildman–Crippen MR) is 61.7 cm³/mol. The van der Waals surface area contributed by atoms with Gasteiger partial charge in [0.15, 0.2) is 11.5 Å². The molecule has 1 aliphatic rings. The topological polar surface area (TPSA) is 51.5 Å². The zero-order valence-electron chi connectivity index (χ0n) is 9.81. The Bertz CT molecular complexity index is 425. The van der Waals surface area contributed by atoms with Crippen molar-refractivity contribution in [3.8, 4) is 17.6 Å². The molecule has 0 fully saturated rings. The van der Waals surface area contributed by atoms with Crippen LogP contribution in [0.25, 0.3) is 0 Å². The summed E-state index contributed by atoms with van der Waals surface area (Å²) in [6.45, 7) is 2.80. The first-order chi connectivity index (χ1) is 8.33. The van der Waals surface area contributed by atoms with Crippen LogP contribution in [0.2, 0.25) is 0 Å². The lowest BCUT2D eigenvalue weighted by molar-refractivity contribution is 0.0413. The van der Waals surface area contributed by atoms with Crippen LogP contribution in [0.3, 0.4) is 0 Å². The van der Waals surface area contributed by atoms with Gasteiger partial charge in [0.1, 0.15) is 0 Å². The van der Waals surface area contributed by atoms with E-state index in [-0.39, 0.29) is 12.9 Å². The molecule has 0 spiro atoms. The standard InChI is InChI=1S/C13H15NO3/c1-2-11(5-6-14)15-8-10-3-4-12-13(7-10)17-9-16-12/h3-4,7,11H,2,5,8-9H2,1H3. The average Bonchev–Trinajstić information content (AvgIpc) is 2.81. The molecule has 4 heteroatoms. The number of fused-ring (bicyclic) bond motifs is 1. The van der Waals surface area contributed by atoms with E-state index < -0.39 is 0 Å². The van der Waals surface area contributed by atoms with Crippen LogP contribution < -0.4 is 9.47 Å². The first-order valence-electron chi connectivity index (χ1n) is 5.70. The Hall–Kier alpha value is -1.73. The number of hydrogen-bond acceptors (Lipinski definition) is 4. The molecule has 1 aromatic carbocycles. The van der Waals surface area contributed by atoms with Crippen LogP contribution in [0.1, 0.15) is 25.3 Å². The monoisotopic (exact) mass is 233 g/mol. The van der Waals surface area contributed by atoms with Gasteiger partial charge >= 0.3 is 0 Å². The molecule has 0 amide bonds. The molecule has 1 unspecified atom stereocenters. The third-order valence-corrected chi connectivity index (χ3v) is 2.70. The Balaban J connectivity index is 1.93. The summed E-state index contributed by atoms with van der Waals surface area (Å²) < 4.78 is 16.2. The third kappa shape index (κ3) is 2.89. The molecular weight excluding hydrogens is 218 g/mol. The Morgan fingerprint density at radius 1 is 1.41 bits per heavy atom. The van der Waals surface area contributed by atoms with E-state index in [0.29, 0.717) is 13.0 Å². The van der Waals surface area contributed by atoms with E-state index in [1.165, 1.54) is 0 Å². The maximum Gasteiger partial charge on any atom is 0.231 e. The van der Waals surface area contributed by atoms with Crippen LogP contribution in [-0.4, -0.2) is 12.9 Å². The van der Waals surface area contributed by atoms with E-state index in [9.17, 15) is 0 Å². The van der Waals surface area contributed by atoms with Crippen LogP contribution in [0.5, 0.6) is 11.5 Å². The van der Waals surface area contributed by atoms with Crippen molar-refractivity contribution in [3.63, 3.8) is 0 Å². The average molecular weight is 233 g/mol. The summed E-state index contributed by atoms with van der Waals surface area (Å²) in [5, 5.41) is 8.63. The fourth-order valence-electron chi connectivity index (χ4n) is 1.67. The molecule has 1 heterocycles. The SMILES string of the molecule is CCC(CC#N)OCc1ccc2c(c1)OCO2. The highest BCUT2D eigenvalue weighted by Gasteiger charge is 2.13. The maximum absolute atomic E-state index is 8.63. The lowest BCUT2D eigenvalue weighted by Crippen LogP contribution is -2.10. The number of ether oxygens (including phenoxy) is 3. The predicted octanol–water partition coefficient (Wildman–Crippen LogP) is 2.62. The number of benzene rings is 1. The summed E-state index contributed by atoms with van der Waals surface area (Å²) in [5.74, 6) is 1.54. The van der Waals surface area contributed by atoms with Crippen molar-refractivity contribution in [2.45, 2.75) is 32.5 Å². The first kappa shape index (κ1) is 11.7. The Morgan fingerprint density at radius 3 is 3.00 bits per heavy atom.